The van der Waals surface area contributed by atoms with E-state index in [9.17, 15) is 9.59 Å². The molecule has 5 heteroatoms. The second-order valence-electron chi connectivity index (χ2n) is 7.50. The van der Waals surface area contributed by atoms with E-state index < -0.39 is 6.04 Å². The molecule has 0 aliphatic rings. The maximum Gasteiger partial charge on any atom is 0.251 e. The van der Waals surface area contributed by atoms with Crippen molar-refractivity contribution < 1.29 is 14.3 Å². The Morgan fingerprint density at radius 3 is 2.22 bits per heavy atom. The fourth-order valence-corrected chi connectivity index (χ4v) is 3.65. The summed E-state index contributed by atoms with van der Waals surface area (Å²) in [5.74, 6) is 0.395. The minimum absolute atomic E-state index is 0.0727. The molecular weight excluding hydrogens is 400 g/mol. The summed E-state index contributed by atoms with van der Waals surface area (Å²) >= 11 is 0. The molecule has 4 aromatic carbocycles. The number of hydrogen-bond donors (Lipinski definition) is 2. The van der Waals surface area contributed by atoms with E-state index in [-0.39, 0.29) is 11.7 Å². The summed E-state index contributed by atoms with van der Waals surface area (Å²) in [6.07, 6.45) is 0. The van der Waals surface area contributed by atoms with Gasteiger partial charge in [0.1, 0.15) is 11.8 Å². The third kappa shape index (κ3) is 4.62. The van der Waals surface area contributed by atoms with Crippen LogP contribution < -0.4 is 15.4 Å². The fourth-order valence-electron chi connectivity index (χ4n) is 3.65. The van der Waals surface area contributed by atoms with E-state index in [2.05, 4.69) is 10.6 Å². The first-order valence-corrected chi connectivity index (χ1v) is 10.4. The minimum atomic E-state index is -0.715. The second-order valence-corrected chi connectivity index (χ2v) is 7.50. The molecule has 0 aliphatic carbocycles. The van der Waals surface area contributed by atoms with E-state index in [1.165, 1.54) is 6.92 Å². The van der Waals surface area contributed by atoms with Crippen LogP contribution in [0.25, 0.3) is 10.8 Å². The Kier molecular flexibility index (Phi) is 6.17. The molecular formula is C27H24N2O3. The molecule has 0 aromatic heterocycles. The zero-order chi connectivity index (χ0) is 22.5. The van der Waals surface area contributed by atoms with Crippen LogP contribution in [0.3, 0.4) is 0 Å². The Morgan fingerprint density at radius 1 is 0.812 bits per heavy atom. The van der Waals surface area contributed by atoms with Crippen LogP contribution >= 0.6 is 0 Å². The molecule has 1 amide bonds. The van der Waals surface area contributed by atoms with Gasteiger partial charge < -0.3 is 15.4 Å². The van der Waals surface area contributed by atoms with Crippen molar-refractivity contribution in [3.63, 3.8) is 0 Å². The third-order valence-corrected chi connectivity index (χ3v) is 5.33. The Morgan fingerprint density at radius 2 is 1.50 bits per heavy atom. The summed E-state index contributed by atoms with van der Waals surface area (Å²) in [5, 5.41) is 8.42. The van der Waals surface area contributed by atoms with Crippen molar-refractivity contribution in [2.24, 2.45) is 0 Å². The number of hydrogen-bond acceptors (Lipinski definition) is 4. The highest BCUT2D eigenvalue weighted by atomic mass is 16.5. The molecule has 0 aliphatic heterocycles. The first-order valence-electron chi connectivity index (χ1n) is 10.4. The number of Topliss-reactive ketones (excluding diaryl/α,β-unsaturated/α-hetero) is 1. The molecule has 1 unspecified atom stereocenters. The Bertz CT molecular complexity index is 1270. The van der Waals surface area contributed by atoms with Gasteiger partial charge in [0.25, 0.3) is 5.91 Å². The van der Waals surface area contributed by atoms with Crippen molar-refractivity contribution in [2.75, 3.05) is 17.7 Å². The van der Waals surface area contributed by atoms with Gasteiger partial charge in [0, 0.05) is 16.9 Å². The predicted octanol–water partition coefficient (Wildman–Crippen LogP) is 5.84. The zero-order valence-corrected chi connectivity index (χ0v) is 18.0. The Hall–Kier alpha value is -4.12. The number of ether oxygens (including phenoxy) is 1. The van der Waals surface area contributed by atoms with Crippen molar-refractivity contribution in [3.8, 4) is 5.75 Å². The lowest BCUT2D eigenvalue weighted by Crippen LogP contribution is -2.27. The summed E-state index contributed by atoms with van der Waals surface area (Å²) < 4.78 is 5.25. The SMILES string of the molecule is COc1ccc(C(Nc2ccccc2C(C)=O)C(=O)Nc2ccc3ccccc3c2)cc1. The molecule has 32 heavy (non-hydrogen) atoms. The van der Waals surface area contributed by atoms with Gasteiger partial charge in [0.2, 0.25) is 0 Å². The molecule has 160 valence electrons. The van der Waals surface area contributed by atoms with Crippen LogP contribution in [0.1, 0.15) is 28.9 Å². The van der Waals surface area contributed by atoms with Gasteiger partial charge in [-0.3, -0.25) is 9.59 Å². The highest BCUT2D eigenvalue weighted by molar-refractivity contribution is 6.02. The summed E-state index contributed by atoms with van der Waals surface area (Å²) in [6, 6.07) is 27.6. The van der Waals surface area contributed by atoms with E-state index >= 15 is 0 Å². The van der Waals surface area contributed by atoms with E-state index in [1.807, 2.05) is 72.8 Å². The average molecular weight is 425 g/mol. The van der Waals surface area contributed by atoms with E-state index in [0.29, 0.717) is 22.7 Å². The van der Waals surface area contributed by atoms with Gasteiger partial charge in [-0.1, -0.05) is 54.6 Å². The number of benzene rings is 4. The number of carbonyl (C=O) groups is 2. The van der Waals surface area contributed by atoms with Crippen molar-refractivity contribution >= 4 is 33.8 Å². The van der Waals surface area contributed by atoms with Crippen molar-refractivity contribution in [1.29, 1.82) is 0 Å². The van der Waals surface area contributed by atoms with Gasteiger partial charge in [-0.15, -0.1) is 0 Å². The molecule has 5 nitrogen and oxygen atoms in total. The number of ketones is 1. The molecule has 0 radical (unpaired) electrons. The Labute approximate surface area is 187 Å². The number of para-hydroxylation sites is 1. The quantitative estimate of drug-likeness (QED) is 0.366. The molecule has 1 atom stereocenters. The number of anilines is 2. The van der Waals surface area contributed by atoms with Crippen LogP contribution in [0.4, 0.5) is 11.4 Å². The standard InChI is InChI=1S/C27H24N2O3/c1-18(30)24-9-5-6-10-25(24)29-26(20-12-15-23(32-2)16-13-20)27(31)28-22-14-11-19-7-3-4-8-21(19)17-22/h3-17,26,29H,1-2H3,(H,28,31). The maximum atomic E-state index is 13.4. The van der Waals surface area contributed by atoms with Crippen LogP contribution in [0, 0.1) is 0 Å². The second kappa shape index (κ2) is 9.35. The average Bonchev–Trinajstić information content (AvgIpc) is 2.82. The highest BCUT2D eigenvalue weighted by Gasteiger charge is 2.22. The van der Waals surface area contributed by atoms with Crippen LogP contribution in [0.5, 0.6) is 5.75 Å². The molecule has 0 saturated heterocycles. The molecule has 0 heterocycles. The van der Waals surface area contributed by atoms with Gasteiger partial charge in [-0.25, -0.2) is 0 Å². The lowest BCUT2D eigenvalue weighted by atomic mass is 10.0. The van der Waals surface area contributed by atoms with Crippen LogP contribution in [-0.4, -0.2) is 18.8 Å². The van der Waals surface area contributed by atoms with Gasteiger partial charge >= 0.3 is 0 Å². The van der Waals surface area contributed by atoms with Crippen LogP contribution in [-0.2, 0) is 4.79 Å². The third-order valence-electron chi connectivity index (χ3n) is 5.33. The number of rotatable bonds is 7. The summed E-state index contributed by atoms with van der Waals surface area (Å²) in [5.41, 5.74) is 2.59. The molecule has 4 rings (SSSR count). The number of methoxy groups -OCH3 is 1. The van der Waals surface area contributed by atoms with Crippen molar-refractivity contribution in [3.05, 3.63) is 102 Å². The highest BCUT2D eigenvalue weighted by Crippen LogP contribution is 2.27. The molecule has 0 fully saturated rings. The number of carbonyl (C=O) groups excluding carboxylic acids is 2. The van der Waals surface area contributed by atoms with Gasteiger partial charge in [0.05, 0.1) is 7.11 Å². The summed E-state index contributed by atoms with van der Waals surface area (Å²) in [4.78, 5) is 25.5. The lowest BCUT2D eigenvalue weighted by molar-refractivity contribution is -0.117. The minimum Gasteiger partial charge on any atom is -0.497 e. The molecule has 0 saturated carbocycles. The lowest BCUT2D eigenvalue weighted by Gasteiger charge is -2.22. The van der Waals surface area contributed by atoms with Crippen LogP contribution in [0.15, 0.2) is 91.0 Å². The zero-order valence-electron chi connectivity index (χ0n) is 18.0. The maximum absolute atomic E-state index is 13.4. The van der Waals surface area contributed by atoms with E-state index in [1.54, 1.807) is 25.3 Å². The normalized spacial score (nSPS) is 11.6. The van der Waals surface area contributed by atoms with Crippen molar-refractivity contribution in [2.45, 2.75) is 13.0 Å². The van der Waals surface area contributed by atoms with Crippen molar-refractivity contribution in [1.82, 2.24) is 0 Å². The van der Waals surface area contributed by atoms with Gasteiger partial charge in [-0.05, 0) is 59.7 Å². The Balaban J connectivity index is 1.67. The molecule has 2 N–H and O–H groups in total. The summed E-state index contributed by atoms with van der Waals surface area (Å²) in [7, 11) is 1.60. The van der Waals surface area contributed by atoms with E-state index in [4.69, 9.17) is 4.74 Å². The van der Waals surface area contributed by atoms with E-state index in [0.717, 1.165) is 16.3 Å². The fraction of sp³-hybridized carbons (Fsp3) is 0.111. The smallest absolute Gasteiger partial charge is 0.251 e. The molecule has 0 spiro atoms. The number of fused-ring (bicyclic) bond motifs is 1. The predicted molar refractivity (Wildman–Crippen MR) is 128 cm³/mol. The van der Waals surface area contributed by atoms with Gasteiger partial charge in [-0.2, -0.15) is 0 Å². The molecule has 0 bridgehead atoms. The number of amides is 1. The molecule has 4 aromatic rings. The van der Waals surface area contributed by atoms with Crippen LogP contribution in [0.2, 0.25) is 0 Å². The summed E-state index contributed by atoms with van der Waals surface area (Å²) in [6.45, 7) is 1.51. The first-order chi connectivity index (χ1) is 15.5. The monoisotopic (exact) mass is 424 g/mol. The first kappa shape index (κ1) is 21.1. The van der Waals surface area contributed by atoms with Gasteiger partial charge in [0.15, 0.2) is 5.78 Å². The largest absolute Gasteiger partial charge is 0.497 e. The topological polar surface area (TPSA) is 67.4 Å². The number of nitrogens with one attached hydrogen (secondary N) is 2.